The van der Waals surface area contributed by atoms with Crippen molar-refractivity contribution in [2.75, 3.05) is 20.1 Å². The highest BCUT2D eigenvalue weighted by atomic mass is 16.2. The SMILES string of the molecule is CN1C(=O)CN(CC[C@@H]2C[C@H]2c2ccc3c(n2)n(C)c(=O)n3CC(C)(C)C)C1=O. The lowest BCUT2D eigenvalue weighted by Gasteiger charge is -2.18. The third-order valence-electron chi connectivity index (χ3n) is 5.96. The van der Waals surface area contributed by atoms with Gasteiger partial charge in [-0.25, -0.2) is 14.6 Å². The summed E-state index contributed by atoms with van der Waals surface area (Å²) in [5.41, 5.74) is 2.57. The van der Waals surface area contributed by atoms with Crippen molar-refractivity contribution in [2.45, 2.75) is 46.1 Å². The molecule has 156 valence electrons. The number of rotatable bonds is 5. The van der Waals surface area contributed by atoms with Crippen LogP contribution in [0.25, 0.3) is 11.2 Å². The van der Waals surface area contributed by atoms with Crippen LogP contribution in [0.3, 0.4) is 0 Å². The Hall–Kier alpha value is -2.64. The number of pyridine rings is 1. The van der Waals surface area contributed by atoms with E-state index in [2.05, 4.69) is 20.8 Å². The number of hydrogen-bond acceptors (Lipinski definition) is 4. The van der Waals surface area contributed by atoms with E-state index in [1.165, 1.54) is 11.9 Å². The van der Waals surface area contributed by atoms with E-state index in [4.69, 9.17) is 4.98 Å². The molecule has 8 nitrogen and oxygen atoms in total. The monoisotopic (exact) mass is 399 g/mol. The van der Waals surface area contributed by atoms with E-state index in [-0.39, 0.29) is 29.6 Å². The van der Waals surface area contributed by atoms with Gasteiger partial charge in [0.15, 0.2) is 5.65 Å². The molecule has 0 unspecified atom stereocenters. The van der Waals surface area contributed by atoms with Crippen LogP contribution in [0.2, 0.25) is 0 Å². The lowest BCUT2D eigenvalue weighted by Crippen LogP contribution is -2.30. The molecule has 0 N–H and O–H groups in total. The molecule has 0 spiro atoms. The van der Waals surface area contributed by atoms with Gasteiger partial charge >= 0.3 is 11.7 Å². The van der Waals surface area contributed by atoms with E-state index in [0.717, 1.165) is 29.7 Å². The van der Waals surface area contributed by atoms with Crippen LogP contribution in [0.5, 0.6) is 0 Å². The Morgan fingerprint density at radius 3 is 2.48 bits per heavy atom. The molecular formula is C21H29N5O3. The number of aryl methyl sites for hydroxylation is 1. The highest BCUT2D eigenvalue weighted by Crippen LogP contribution is 2.49. The van der Waals surface area contributed by atoms with Crippen LogP contribution < -0.4 is 5.69 Å². The summed E-state index contributed by atoms with van der Waals surface area (Å²) < 4.78 is 3.44. The molecular weight excluding hydrogens is 370 g/mol. The Balaban J connectivity index is 1.47. The molecule has 0 aromatic carbocycles. The Kier molecular flexibility index (Phi) is 4.55. The minimum atomic E-state index is -0.207. The molecule has 3 amide bonds. The minimum absolute atomic E-state index is 0.000821. The van der Waals surface area contributed by atoms with E-state index in [1.54, 1.807) is 16.5 Å². The average Bonchev–Trinajstić information content (AvgIpc) is 3.35. The third kappa shape index (κ3) is 3.56. The third-order valence-corrected chi connectivity index (χ3v) is 5.96. The number of carbonyl (C=O) groups is 2. The minimum Gasteiger partial charge on any atom is -0.315 e. The number of fused-ring (bicyclic) bond motifs is 1. The number of imide groups is 1. The van der Waals surface area contributed by atoms with E-state index in [0.29, 0.717) is 24.9 Å². The normalized spacial score (nSPS) is 22.2. The molecule has 2 atom stereocenters. The fourth-order valence-electron chi connectivity index (χ4n) is 4.20. The predicted molar refractivity (Wildman–Crippen MR) is 110 cm³/mol. The van der Waals surface area contributed by atoms with Gasteiger partial charge in [-0.05, 0) is 36.3 Å². The van der Waals surface area contributed by atoms with E-state index < -0.39 is 0 Å². The summed E-state index contributed by atoms with van der Waals surface area (Å²) in [6.07, 6.45) is 1.89. The van der Waals surface area contributed by atoms with E-state index in [1.807, 2.05) is 16.7 Å². The van der Waals surface area contributed by atoms with Gasteiger partial charge in [-0.2, -0.15) is 0 Å². The molecule has 0 radical (unpaired) electrons. The number of urea groups is 1. The molecule has 2 aliphatic rings. The van der Waals surface area contributed by atoms with Crippen molar-refractivity contribution in [3.8, 4) is 0 Å². The molecule has 3 heterocycles. The van der Waals surface area contributed by atoms with Gasteiger partial charge in [-0.15, -0.1) is 0 Å². The Morgan fingerprint density at radius 1 is 1.14 bits per heavy atom. The summed E-state index contributed by atoms with van der Waals surface area (Å²) >= 11 is 0. The van der Waals surface area contributed by atoms with E-state index in [9.17, 15) is 14.4 Å². The van der Waals surface area contributed by atoms with Crippen LogP contribution in [0.15, 0.2) is 16.9 Å². The van der Waals surface area contributed by atoms with E-state index >= 15 is 0 Å². The standard InChI is InChI=1S/C21H29N5O3/c1-21(2,3)12-26-16-7-6-15(22-18(16)24(5)20(26)29)14-10-13(14)8-9-25-11-17(27)23(4)19(25)28/h6-7,13-14H,8-12H2,1-5H3/t13-,14-/m1/s1. The molecule has 29 heavy (non-hydrogen) atoms. The van der Waals surface area contributed by atoms with Gasteiger partial charge in [0.2, 0.25) is 5.91 Å². The molecule has 4 rings (SSSR count). The summed E-state index contributed by atoms with van der Waals surface area (Å²) in [6, 6.07) is 3.84. The first kappa shape index (κ1) is 19.7. The number of likely N-dealkylation sites (N-methyl/N-ethyl adjacent to an activating group) is 1. The zero-order chi connectivity index (χ0) is 21.1. The van der Waals surface area contributed by atoms with Crippen LogP contribution in [0.1, 0.15) is 45.2 Å². The Morgan fingerprint density at radius 2 is 1.86 bits per heavy atom. The fourth-order valence-corrected chi connectivity index (χ4v) is 4.20. The summed E-state index contributed by atoms with van der Waals surface area (Å²) in [7, 11) is 3.30. The number of nitrogens with zero attached hydrogens (tertiary/aromatic N) is 5. The van der Waals surface area contributed by atoms with Crippen molar-refractivity contribution in [2.24, 2.45) is 18.4 Å². The van der Waals surface area contributed by atoms with Crippen LogP contribution in [0.4, 0.5) is 4.79 Å². The van der Waals surface area contributed by atoms with Crippen molar-refractivity contribution in [3.05, 3.63) is 28.3 Å². The van der Waals surface area contributed by atoms with Gasteiger partial charge in [0.05, 0.1) is 5.52 Å². The summed E-state index contributed by atoms with van der Waals surface area (Å²) in [5.74, 6) is 0.671. The predicted octanol–water partition coefficient (Wildman–Crippen LogP) is 2.17. The maximum atomic E-state index is 12.7. The lowest BCUT2D eigenvalue weighted by molar-refractivity contribution is -0.124. The Bertz CT molecular complexity index is 1040. The zero-order valence-corrected chi connectivity index (χ0v) is 17.8. The van der Waals surface area contributed by atoms with Gasteiger partial charge in [0, 0.05) is 38.8 Å². The van der Waals surface area contributed by atoms with Crippen LogP contribution in [-0.2, 0) is 18.4 Å². The van der Waals surface area contributed by atoms with Gasteiger partial charge in [-0.1, -0.05) is 20.8 Å². The summed E-state index contributed by atoms with van der Waals surface area (Å²) in [5, 5.41) is 0. The second-order valence-electron chi connectivity index (χ2n) is 9.62. The number of imidazole rings is 1. The largest absolute Gasteiger partial charge is 0.330 e. The zero-order valence-electron chi connectivity index (χ0n) is 17.8. The first-order valence-corrected chi connectivity index (χ1v) is 10.2. The quantitative estimate of drug-likeness (QED) is 0.722. The van der Waals surface area contributed by atoms with Crippen molar-refractivity contribution < 1.29 is 9.59 Å². The maximum Gasteiger partial charge on any atom is 0.330 e. The molecule has 2 aromatic rings. The number of carbonyl (C=O) groups excluding carboxylic acids is 2. The van der Waals surface area contributed by atoms with Crippen LogP contribution in [0, 0.1) is 11.3 Å². The van der Waals surface area contributed by atoms with Crippen molar-refractivity contribution in [1.29, 1.82) is 0 Å². The molecule has 1 aliphatic heterocycles. The summed E-state index contributed by atoms with van der Waals surface area (Å²) in [4.78, 5) is 43.9. The van der Waals surface area contributed by atoms with Crippen molar-refractivity contribution in [1.82, 2.24) is 23.9 Å². The van der Waals surface area contributed by atoms with Crippen molar-refractivity contribution >= 4 is 23.1 Å². The second-order valence-corrected chi connectivity index (χ2v) is 9.62. The number of aromatic nitrogens is 3. The number of hydrogen-bond donors (Lipinski definition) is 0. The van der Waals surface area contributed by atoms with Gasteiger partial charge in [0.1, 0.15) is 6.54 Å². The Labute approximate surface area is 170 Å². The van der Waals surface area contributed by atoms with Crippen molar-refractivity contribution in [3.63, 3.8) is 0 Å². The van der Waals surface area contributed by atoms with Gasteiger partial charge in [-0.3, -0.25) is 18.8 Å². The topological polar surface area (TPSA) is 80.4 Å². The average molecular weight is 399 g/mol. The molecule has 1 saturated carbocycles. The molecule has 0 bridgehead atoms. The maximum absolute atomic E-state index is 12.7. The summed E-state index contributed by atoms with van der Waals surface area (Å²) in [6.45, 7) is 7.77. The molecule has 8 heteroatoms. The van der Waals surface area contributed by atoms with Gasteiger partial charge < -0.3 is 4.90 Å². The first-order chi connectivity index (χ1) is 13.6. The molecule has 1 saturated heterocycles. The lowest BCUT2D eigenvalue weighted by atomic mass is 9.97. The highest BCUT2D eigenvalue weighted by molar-refractivity contribution is 6.01. The molecule has 2 fully saturated rings. The smallest absolute Gasteiger partial charge is 0.315 e. The number of amides is 3. The molecule has 2 aromatic heterocycles. The molecule has 1 aliphatic carbocycles. The van der Waals surface area contributed by atoms with Crippen LogP contribution in [-0.4, -0.2) is 56.0 Å². The fraction of sp³-hybridized carbons (Fsp3) is 0.619. The van der Waals surface area contributed by atoms with Gasteiger partial charge in [0.25, 0.3) is 0 Å². The van der Waals surface area contributed by atoms with Crippen LogP contribution >= 0.6 is 0 Å². The second kappa shape index (κ2) is 6.71. The first-order valence-electron chi connectivity index (χ1n) is 10.2. The highest BCUT2D eigenvalue weighted by Gasteiger charge is 2.41.